The molecule has 5 atom stereocenters. The molecule has 2 heterocycles. The van der Waals surface area contributed by atoms with Gasteiger partial charge in [0.15, 0.2) is 5.82 Å². The smallest absolute Gasteiger partial charge is 0.156 e. The molecule has 1 fully saturated rings. The Balaban J connectivity index is 1.61. The summed E-state index contributed by atoms with van der Waals surface area (Å²) in [5, 5.41) is 48.5. The molecule has 8 nitrogen and oxygen atoms in total. The maximum Gasteiger partial charge on any atom is 0.156 e. The van der Waals surface area contributed by atoms with E-state index in [0.29, 0.717) is 27.7 Å². The molecule has 0 bridgehead atoms. The lowest BCUT2D eigenvalue weighted by molar-refractivity contribution is -0.231. The fourth-order valence-corrected chi connectivity index (χ4v) is 3.80. The van der Waals surface area contributed by atoms with Gasteiger partial charge >= 0.3 is 0 Å². The molecule has 4 rings (SSSR count). The van der Waals surface area contributed by atoms with Crippen LogP contribution in [0.4, 0.5) is 0 Å². The zero-order valence-electron chi connectivity index (χ0n) is 16.4. The van der Waals surface area contributed by atoms with E-state index in [2.05, 4.69) is 15.2 Å². The van der Waals surface area contributed by atoms with Crippen LogP contribution in [0, 0.1) is 0 Å². The molecule has 1 aliphatic heterocycles. The highest BCUT2D eigenvalue weighted by atomic mass is 35.5. The van der Waals surface area contributed by atoms with Crippen LogP contribution in [0.2, 0.25) is 5.02 Å². The van der Waals surface area contributed by atoms with Gasteiger partial charge < -0.3 is 25.2 Å². The molecule has 9 heteroatoms. The number of nitrogens with zero attached hydrogens (tertiary/aromatic N) is 3. The summed E-state index contributed by atoms with van der Waals surface area (Å²) in [5.41, 5.74) is 2.83. The maximum absolute atomic E-state index is 10.4. The summed E-state index contributed by atoms with van der Waals surface area (Å²) in [6, 6.07) is 14.7. The average molecular weight is 444 g/mol. The second-order valence-corrected chi connectivity index (χ2v) is 7.81. The molecule has 0 saturated carbocycles. The summed E-state index contributed by atoms with van der Waals surface area (Å²) in [5.74, 6) is 0.467. The van der Waals surface area contributed by atoms with Crippen molar-refractivity contribution in [1.82, 2.24) is 15.2 Å². The quantitative estimate of drug-likeness (QED) is 0.464. The summed E-state index contributed by atoms with van der Waals surface area (Å²) < 4.78 is 5.64. The van der Waals surface area contributed by atoms with Crippen molar-refractivity contribution in [3.63, 3.8) is 0 Å². The first-order chi connectivity index (χ1) is 15.0. The third-order valence-corrected chi connectivity index (χ3v) is 5.68. The maximum atomic E-state index is 10.4. The number of hydrogen-bond donors (Lipinski definition) is 4. The topological polar surface area (TPSA) is 129 Å². The second kappa shape index (κ2) is 9.35. The van der Waals surface area contributed by atoms with E-state index in [1.807, 2.05) is 30.3 Å². The number of benzene rings is 2. The van der Waals surface area contributed by atoms with Gasteiger partial charge in [-0.25, -0.2) is 4.98 Å². The van der Waals surface area contributed by atoms with Crippen LogP contribution >= 0.6 is 11.6 Å². The second-order valence-electron chi connectivity index (χ2n) is 7.40. The van der Waals surface area contributed by atoms with E-state index >= 15 is 0 Å². The van der Waals surface area contributed by atoms with Gasteiger partial charge in [-0.1, -0.05) is 54.1 Å². The minimum absolute atomic E-state index is 0.289. The number of aliphatic hydroxyl groups excluding tert-OH is 4. The van der Waals surface area contributed by atoms with Gasteiger partial charge in [-0.15, -0.1) is 5.10 Å². The van der Waals surface area contributed by atoms with E-state index in [4.69, 9.17) is 16.3 Å². The average Bonchev–Trinajstić information content (AvgIpc) is 2.80. The van der Waals surface area contributed by atoms with Crippen LogP contribution in [-0.2, 0) is 11.2 Å². The van der Waals surface area contributed by atoms with Crippen LogP contribution in [0.3, 0.4) is 0 Å². The Morgan fingerprint density at radius 2 is 1.74 bits per heavy atom. The summed E-state index contributed by atoms with van der Waals surface area (Å²) >= 11 is 6.38. The summed E-state index contributed by atoms with van der Waals surface area (Å²) in [7, 11) is 0. The minimum Gasteiger partial charge on any atom is -0.394 e. The van der Waals surface area contributed by atoms with Crippen LogP contribution in [-0.4, -0.2) is 66.6 Å². The molecule has 0 amide bonds. The third kappa shape index (κ3) is 4.59. The predicted octanol–water partition coefficient (Wildman–Crippen LogP) is 1.30. The first-order valence-corrected chi connectivity index (χ1v) is 10.2. The lowest BCUT2D eigenvalue weighted by Gasteiger charge is -2.40. The van der Waals surface area contributed by atoms with Crippen molar-refractivity contribution >= 4 is 11.6 Å². The van der Waals surface area contributed by atoms with Crippen molar-refractivity contribution in [1.29, 1.82) is 0 Å². The lowest BCUT2D eigenvalue weighted by Crippen LogP contribution is -2.55. The van der Waals surface area contributed by atoms with Crippen LogP contribution in [0.15, 0.2) is 54.7 Å². The van der Waals surface area contributed by atoms with Gasteiger partial charge in [0.25, 0.3) is 0 Å². The Morgan fingerprint density at radius 1 is 0.968 bits per heavy atom. The SMILES string of the molecule is OC[C@H]1O[C@@H](c2ccc(Cl)c(Cc3nncc(-c4ccccc4)n3)c2)[C@H](O)[C@@H](O)[C@@H]1O. The standard InChI is InChI=1S/C22H22ClN3O5/c23-15-7-6-13(22-21(30)20(29)19(28)17(11-27)31-22)8-14(15)9-18-25-16(10-24-26-18)12-4-2-1-3-5-12/h1-8,10,17,19-22,27-30H,9,11H2/t17-,19-,20+,21-,22+/m1/s1. The molecule has 162 valence electrons. The molecular formula is C22H22ClN3O5. The van der Waals surface area contributed by atoms with Gasteiger partial charge in [0.1, 0.15) is 30.5 Å². The van der Waals surface area contributed by atoms with Crippen LogP contribution in [0.1, 0.15) is 23.1 Å². The normalized spacial score (nSPS) is 26.0. The molecule has 1 aliphatic rings. The van der Waals surface area contributed by atoms with Crippen molar-refractivity contribution in [3.05, 3.63) is 76.7 Å². The van der Waals surface area contributed by atoms with Crippen molar-refractivity contribution in [3.8, 4) is 11.3 Å². The molecule has 1 aromatic heterocycles. The van der Waals surface area contributed by atoms with Gasteiger partial charge in [-0.05, 0) is 17.2 Å². The van der Waals surface area contributed by atoms with Crippen molar-refractivity contribution in [2.45, 2.75) is 36.9 Å². The molecule has 3 aromatic rings. The Bertz CT molecular complexity index is 1040. The molecule has 0 spiro atoms. The Morgan fingerprint density at radius 3 is 2.48 bits per heavy atom. The Kier molecular flexibility index (Phi) is 6.57. The van der Waals surface area contributed by atoms with E-state index in [1.165, 1.54) is 0 Å². The predicted molar refractivity (Wildman–Crippen MR) is 112 cm³/mol. The third-order valence-electron chi connectivity index (χ3n) is 5.31. The monoisotopic (exact) mass is 443 g/mol. The van der Waals surface area contributed by atoms with Gasteiger partial charge in [0.2, 0.25) is 0 Å². The molecule has 0 radical (unpaired) electrons. The van der Waals surface area contributed by atoms with E-state index < -0.39 is 37.1 Å². The van der Waals surface area contributed by atoms with Crippen molar-refractivity contribution < 1.29 is 25.2 Å². The number of rotatable bonds is 5. The van der Waals surface area contributed by atoms with E-state index in [1.54, 1.807) is 24.4 Å². The zero-order valence-corrected chi connectivity index (χ0v) is 17.2. The van der Waals surface area contributed by atoms with Crippen LogP contribution in [0.25, 0.3) is 11.3 Å². The van der Waals surface area contributed by atoms with Crippen LogP contribution in [0.5, 0.6) is 0 Å². The molecule has 2 aromatic carbocycles. The molecule has 31 heavy (non-hydrogen) atoms. The number of aliphatic hydroxyl groups is 4. The summed E-state index contributed by atoms with van der Waals surface area (Å²) in [6.45, 7) is -0.492. The van der Waals surface area contributed by atoms with Gasteiger partial charge in [-0.2, -0.15) is 5.10 Å². The Labute approximate surface area is 183 Å². The molecule has 1 saturated heterocycles. The van der Waals surface area contributed by atoms with Gasteiger partial charge in [-0.3, -0.25) is 0 Å². The number of aromatic nitrogens is 3. The summed E-state index contributed by atoms with van der Waals surface area (Å²) in [6.07, 6.45) is -4.29. The number of hydrogen-bond acceptors (Lipinski definition) is 8. The molecular weight excluding hydrogens is 422 g/mol. The van der Waals surface area contributed by atoms with E-state index in [9.17, 15) is 20.4 Å². The zero-order chi connectivity index (χ0) is 22.0. The van der Waals surface area contributed by atoms with Crippen molar-refractivity contribution in [2.24, 2.45) is 0 Å². The largest absolute Gasteiger partial charge is 0.394 e. The first kappa shape index (κ1) is 21.8. The van der Waals surface area contributed by atoms with Crippen LogP contribution < -0.4 is 0 Å². The first-order valence-electron chi connectivity index (χ1n) is 9.80. The summed E-state index contributed by atoms with van der Waals surface area (Å²) in [4.78, 5) is 4.56. The number of ether oxygens (including phenoxy) is 1. The number of halogens is 1. The highest BCUT2D eigenvalue weighted by molar-refractivity contribution is 6.31. The van der Waals surface area contributed by atoms with E-state index in [-0.39, 0.29) is 6.42 Å². The fraction of sp³-hybridized carbons (Fsp3) is 0.318. The minimum atomic E-state index is -1.45. The highest BCUT2D eigenvalue weighted by Gasteiger charge is 2.44. The molecule has 0 aliphatic carbocycles. The highest BCUT2D eigenvalue weighted by Crippen LogP contribution is 2.34. The van der Waals surface area contributed by atoms with Gasteiger partial charge in [0, 0.05) is 17.0 Å². The van der Waals surface area contributed by atoms with E-state index in [0.717, 1.165) is 5.56 Å². The lowest BCUT2D eigenvalue weighted by atomic mass is 9.90. The Hall–Kier alpha value is -2.46. The van der Waals surface area contributed by atoms with Gasteiger partial charge in [0.05, 0.1) is 18.5 Å². The molecule has 4 N–H and O–H groups in total. The molecule has 0 unspecified atom stereocenters. The fourth-order valence-electron chi connectivity index (χ4n) is 3.62. The van der Waals surface area contributed by atoms with Crippen molar-refractivity contribution in [2.75, 3.05) is 6.61 Å².